The van der Waals surface area contributed by atoms with Crippen LogP contribution >= 0.6 is 0 Å². The minimum atomic E-state index is 0.539. The highest BCUT2D eigenvalue weighted by atomic mass is 15.3. The second-order valence-electron chi connectivity index (χ2n) is 3.86. The fraction of sp³-hybridized carbons (Fsp3) is 0.273. The normalized spacial score (nSPS) is 15.8. The molecule has 2 N–H and O–H groups in total. The predicted molar refractivity (Wildman–Crippen MR) is 61.6 cm³/mol. The zero-order valence-corrected chi connectivity index (χ0v) is 8.80. The third kappa shape index (κ3) is 1.77. The highest BCUT2D eigenvalue weighted by molar-refractivity contribution is 5.44. The van der Waals surface area contributed by atoms with Gasteiger partial charge >= 0.3 is 0 Å². The van der Waals surface area contributed by atoms with Crippen molar-refractivity contribution in [1.29, 1.82) is 0 Å². The van der Waals surface area contributed by atoms with Crippen molar-refractivity contribution in [3.05, 3.63) is 36.8 Å². The smallest absolute Gasteiger partial charge is 0.153 e. The van der Waals surface area contributed by atoms with Crippen LogP contribution in [0, 0.1) is 0 Å². The summed E-state index contributed by atoms with van der Waals surface area (Å²) < 4.78 is 1.74. The molecule has 0 unspecified atom stereocenters. The summed E-state index contributed by atoms with van der Waals surface area (Å²) in [5.74, 6) is 0.835. The van der Waals surface area contributed by atoms with Gasteiger partial charge in [-0.05, 0) is 18.2 Å². The Hall–Kier alpha value is -1.88. The molecule has 3 rings (SSSR count). The van der Waals surface area contributed by atoms with Gasteiger partial charge in [0, 0.05) is 25.5 Å². The van der Waals surface area contributed by atoms with Gasteiger partial charge in [-0.15, -0.1) is 0 Å². The zero-order chi connectivity index (χ0) is 10.8. The molecule has 0 aromatic carbocycles. The van der Waals surface area contributed by atoms with Gasteiger partial charge in [-0.25, -0.2) is 9.67 Å². The van der Waals surface area contributed by atoms with E-state index in [1.807, 2.05) is 30.6 Å². The number of nitrogens with one attached hydrogen (secondary N) is 2. The topological polar surface area (TPSA) is 54.8 Å². The highest BCUT2D eigenvalue weighted by Crippen LogP contribution is 2.11. The second kappa shape index (κ2) is 3.94. The molecule has 82 valence electrons. The molecule has 1 saturated heterocycles. The average Bonchev–Trinajstić information content (AvgIpc) is 2.78. The minimum Gasteiger partial charge on any atom is -0.378 e. The largest absolute Gasteiger partial charge is 0.378 e. The van der Waals surface area contributed by atoms with Crippen molar-refractivity contribution in [2.75, 3.05) is 18.4 Å². The molecule has 2 aromatic heterocycles. The molecule has 5 heteroatoms. The molecule has 1 aliphatic heterocycles. The van der Waals surface area contributed by atoms with Crippen molar-refractivity contribution in [1.82, 2.24) is 20.1 Å². The summed E-state index contributed by atoms with van der Waals surface area (Å²) in [6, 6.07) is 6.41. The minimum absolute atomic E-state index is 0.539. The molecule has 5 nitrogen and oxygen atoms in total. The molecule has 2 aromatic rings. The van der Waals surface area contributed by atoms with Crippen LogP contribution in [0.4, 0.5) is 5.69 Å². The van der Waals surface area contributed by atoms with E-state index >= 15 is 0 Å². The van der Waals surface area contributed by atoms with Crippen LogP contribution in [0.1, 0.15) is 0 Å². The first-order valence-electron chi connectivity index (χ1n) is 5.35. The van der Waals surface area contributed by atoms with Crippen LogP contribution in [0.3, 0.4) is 0 Å². The molecule has 0 amide bonds. The predicted octanol–water partition coefficient (Wildman–Crippen LogP) is 0.651. The second-order valence-corrected chi connectivity index (χ2v) is 3.86. The first kappa shape index (κ1) is 9.35. The molecular formula is C11H13N5. The van der Waals surface area contributed by atoms with Gasteiger partial charge in [0.15, 0.2) is 5.82 Å². The Morgan fingerprint density at radius 3 is 2.88 bits per heavy atom. The van der Waals surface area contributed by atoms with Crippen LogP contribution in [-0.4, -0.2) is 33.9 Å². The van der Waals surface area contributed by atoms with Gasteiger partial charge in [-0.3, -0.25) is 0 Å². The highest BCUT2D eigenvalue weighted by Gasteiger charge is 2.15. The maximum absolute atomic E-state index is 4.35. The number of rotatable bonds is 3. The maximum atomic E-state index is 4.35. The van der Waals surface area contributed by atoms with Gasteiger partial charge in [-0.2, -0.15) is 5.10 Å². The number of hydrogen-bond acceptors (Lipinski definition) is 4. The zero-order valence-electron chi connectivity index (χ0n) is 8.80. The molecule has 16 heavy (non-hydrogen) atoms. The Balaban J connectivity index is 1.74. The number of anilines is 1. The summed E-state index contributed by atoms with van der Waals surface area (Å²) in [5.41, 5.74) is 1.06. The summed E-state index contributed by atoms with van der Waals surface area (Å²) in [6.45, 7) is 2.06. The number of nitrogens with zero attached hydrogens (tertiary/aromatic N) is 3. The van der Waals surface area contributed by atoms with Gasteiger partial charge in [-0.1, -0.05) is 0 Å². The Labute approximate surface area is 93.5 Å². The van der Waals surface area contributed by atoms with Gasteiger partial charge < -0.3 is 10.6 Å². The van der Waals surface area contributed by atoms with Crippen LogP contribution in [-0.2, 0) is 0 Å². The van der Waals surface area contributed by atoms with E-state index in [1.54, 1.807) is 10.9 Å². The van der Waals surface area contributed by atoms with Crippen molar-refractivity contribution >= 4 is 5.69 Å². The quantitative estimate of drug-likeness (QED) is 0.789. The van der Waals surface area contributed by atoms with Crippen molar-refractivity contribution in [2.24, 2.45) is 0 Å². The standard InChI is InChI=1S/C11H13N5/c1-4-14-16(5-1)11-3-2-9(8-13-11)15-10-6-12-7-10/h1-5,8,10,12,15H,6-7H2. The summed E-state index contributed by atoms with van der Waals surface area (Å²) in [6.07, 6.45) is 5.47. The average molecular weight is 215 g/mol. The first-order valence-corrected chi connectivity index (χ1v) is 5.35. The molecule has 0 atom stereocenters. The lowest BCUT2D eigenvalue weighted by molar-refractivity contribution is 0.472. The van der Waals surface area contributed by atoms with E-state index in [1.165, 1.54) is 0 Å². The summed E-state index contributed by atoms with van der Waals surface area (Å²) in [7, 11) is 0. The summed E-state index contributed by atoms with van der Waals surface area (Å²) in [5, 5.41) is 10.7. The Morgan fingerprint density at radius 2 is 2.31 bits per heavy atom. The third-order valence-corrected chi connectivity index (χ3v) is 2.64. The molecule has 1 aliphatic rings. The Bertz CT molecular complexity index is 444. The number of hydrogen-bond donors (Lipinski definition) is 2. The van der Waals surface area contributed by atoms with Crippen molar-refractivity contribution in [3.8, 4) is 5.82 Å². The van der Waals surface area contributed by atoms with E-state index < -0.39 is 0 Å². The Kier molecular flexibility index (Phi) is 2.30. The maximum Gasteiger partial charge on any atom is 0.153 e. The van der Waals surface area contributed by atoms with Crippen LogP contribution in [0.15, 0.2) is 36.8 Å². The van der Waals surface area contributed by atoms with E-state index in [9.17, 15) is 0 Å². The lowest BCUT2D eigenvalue weighted by atomic mass is 10.2. The molecular weight excluding hydrogens is 202 g/mol. The van der Waals surface area contributed by atoms with E-state index in [2.05, 4.69) is 20.7 Å². The van der Waals surface area contributed by atoms with E-state index in [-0.39, 0.29) is 0 Å². The van der Waals surface area contributed by atoms with Crippen LogP contribution in [0.5, 0.6) is 0 Å². The van der Waals surface area contributed by atoms with Crippen LogP contribution < -0.4 is 10.6 Å². The van der Waals surface area contributed by atoms with E-state index in [4.69, 9.17) is 0 Å². The van der Waals surface area contributed by atoms with Gasteiger partial charge in [0.2, 0.25) is 0 Å². The Morgan fingerprint density at radius 1 is 1.38 bits per heavy atom. The fourth-order valence-corrected chi connectivity index (χ4v) is 1.64. The third-order valence-electron chi connectivity index (χ3n) is 2.64. The lowest BCUT2D eigenvalue weighted by Crippen LogP contribution is -2.51. The molecule has 0 saturated carbocycles. The van der Waals surface area contributed by atoms with E-state index in [0.717, 1.165) is 24.6 Å². The molecule has 0 radical (unpaired) electrons. The molecule has 3 heterocycles. The fourth-order valence-electron chi connectivity index (χ4n) is 1.64. The molecule has 0 bridgehead atoms. The molecule has 1 fully saturated rings. The van der Waals surface area contributed by atoms with Gasteiger partial charge in [0.1, 0.15) is 0 Å². The van der Waals surface area contributed by atoms with Crippen molar-refractivity contribution in [2.45, 2.75) is 6.04 Å². The summed E-state index contributed by atoms with van der Waals surface area (Å²) in [4.78, 5) is 4.35. The van der Waals surface area contributed by atoms with Gasteiger partial charge in [0.05, 0.1) is 17.9 Å². The monoisotopic (exact) mass is 215 g/mol. The van der Waals surface area contributed by atoms with Crippen molar-refractivity contribution in [3.63, 3.8) is 0 Å². The molecule has 0 aliphatic carbocycles. The first-order chi connectivity index (χ1) is 7.92. The summed E-state index contributed by atoms with van der Waals surface area (Å²) >= 11 is 0. The lowest BCUT2D eigenvalue weighted by Gasteiger charge is -2.28. The van der Waals surface area contributed by atoms with E-state index in [0.29, 0.717) is 6.04 Å². The number of pyridine rings is 1. The van der Waals surface area contributed by atoms with Gasteiger partial charge in [0.25, 0.3) is 0 Å². The molecule has 0 spiro atoms. The number of aromatic nitrogens is 3. The van der Waals surface area contributed by atoms with Crippen LogP contribution in [0.25, 0.3) is 5.82 Å². The van der Waals surface area contributed by atoms with Crippen LogP contribution in [0.2, 0.25) is 0 Å². The SMILES string of the molecule is c1cnn(-c2ccc(NC3CNC3)cn2)c1. The van der Waals surface area contributed by atoms with Crippen molar-refractivity contribution < 1.29 is 0 Å².